The van der Waals surface area contributed by atoms with Crippen molar-refractivity contribution in [1.82, 2.24) is 0 Å². The molecule has 3 nitrogen and oxygen atoms in total. The number of alkyl halides is 1. The number of halogens is 1. The fourth-order valence-electron chi connectivity index (χ4n) is 3.74. The highest BCUT2D eigenvalue weighted by molar-refractivity contribution is 9.09. The standard InChI is InChI=1S/C19H17BrO3/c1-9-8-10-4-2-3-5-11(10)12-6-7-13-15(14(9)12)18(22)16(20)19(23)17(13)21/h2-8,16-19,21-23H,1H3/t16-,17-,18+,19-/m1/s1. The Hall–Kier alpha value is -1.46. The number of hydrogen-bond acceptors (Lipinski definition) is 3. The van der Waals surface area contributed by atoms with Gasteiger partial charge in [-0.15, -0.1) is 0 Å². The van der Waals surface area contributed by atoms with Crippen LogP contribution in [0.5, 0.6) is 0 Å². The summed E-state index contributed by atoms with van der Waals surface area (Å²) >= 11 is 3.33. The minimum atomic E-state index is -1.03. The SMILES string of the molecule is Cc1cc2ccccc2c2ccc3c(c12)[C@H](O)[C@@H](Br)[C@@H](O)[C@@H]3O. The van der Waals surface area contributed by atoms with E-state index in [9.17, 15) is 15.3 Å². The zero-order valence-corrected chi connectivity index (χ0v) is 14.2. The second-order valence-corrected chi connectivity index (χ2v) is 7.29. The van der Waals surface area contributed by atoms with Crippen molar-refractivity contribution < 1.29 is 15.3 Å². The smallest absolute Gasteiger partial charge is 0.106 e. The predicted octanol–water partition coefficient (Wildman–Crippen LogP) is 3.51. The largest absolute Gasteiger partial charge is 0.389 e. The van der Waals surface area contributed by atoms with Crippen LogP contribution in [-0.2, 0) is 0 Å². The van der Waals surface area contributed by atoms with Crippen molar-refractivity contribution in [2.24, 2.45) is 0 Å². The molecule has 0 heterocycles. The van der Waals surface area contributed by atoms with Crippen LogP contribution >= 0.6 is 15.9 Å². The summed E-state index contributed by atoms with van der Waals surface area (Å²) in [5, 5.41) is 35.5. The van der Waals surface area contributed by atoms with E-state index in [0.717, 1.165) is 27.1 Å². The maximum atomic E-state index is 10.7. The lowest BCUT2D eigenvalue weighted by molar-refractivity contribution is -0.0205. The summed E-state index contributed by atoms with van der Waals surface area (Å²) in [4.78, 5) is -0.596. The summed E-state index contributed by atoms with van der Waals surface area (Å²) < 4.78 is 0. The lowest BCUT2D eigenvalue weighted by Gasteiger charge is -2.35. The van der Waals surface area contributed by atoms with Gasteiger partial charge in [0, 0.05) is 0 Å². The molecule has 0 saturated heterocycles. The molecule has 0 aliphatic heterocycles. The molecule has 3 aromatic rings. The van der Waals surface area contributed by atoms with E-state index in [1.165, 1.54) is 0 Å². The van der Waals surface area contributed by atoms with Crippen molar-refractivity contribution in [2.75, 3.05) is 0 Å². The Morgan fingerprint density at radius 1 is 0.913 bits per heavy atom. The average molecular weight is 373 g/mol. The molecular weight excluding hydrogens is 356 g/mol. The zero-order valence-electron chi connectivity index (χ0n) is 12.6. The molecule has 1 aliphatic rings. The fraction of sp³-hybridized carbons (Fsp3) is 0.263. The molecule has 0 radical (unpaired) electrons. The minimum absolute atomic E-state index is 0.596. The normalized spacial score (nSPS) is 27.3. The van der Waals surface area contributed by atoms with Crippen molar-refractivity contribution in [2.45, 2.75) is 30.1 Å². The molecule has 0 bridgehead atoms. The Balaban J connectivity index is 2.16. The van der Waals surface area contributed by atoms with Crippen molar-refractivity contribution in [3.63, 3.8) is 0 Å². The molecule has 0 aromatic heterocycles. The van der Waals surface area contributed by atoms with E-state index in [1.807, 2.05) is 31.2 Å². The predicted molar refractivity (Wildman–Crippen MR) is 94.8 cm³/mol. The molecule has 0 spiro atoms. The Morgan fingerprint density at radius 2 is 1.65 bits per heavy atom. The van der Waals surface area contributed by atoms with Crippen LogP contribution in [0.3, 0.4) is 0 Å². The number of aliphatic hydroxyl groups is 3. The molecular formula is C19H17BrO3. The van der Waals surface area contributed by atoms with E-state index in [1.54, 1.807) is 0 Å². The van der Waals surface area contributed by atoms with Crippen LogP contribution in [0.25, 0.3) is 21.5 Å². The van der Waals surface area contributed by atoms with Crippen LogP contribution in [0.2, 0.25) is 0 Å². The molecule has 0 fully saturated rings. The van der Waals surface area contributed by atoms with Crippen LogP contribution in [0.4, 0.5) is 0 Å². The van der Waals surface area contributed by atoms with Crippen LogP contribution in [0.1, 0.15) is 28.9 Å². The van der Waals surface area contributed by atoms with Crippen LogP contribution in [-0.4, -0.2) is 26.3 Å². The van der Waals surface area contributed by atoms with Gasteiger partial charge in [0.15, 0.2) is 0 Å². The van der Waals surface area contributed by atoms with Gasteiger partial charge in [-0.2, -0.15) is 0 Å². The van der Waals surface area contributed by atoms with Gasteiger partial charge in [-0.25, -0.2) is 0 Å². The van der Waals surface area contributed by atoms with Gasteiger partial charge in [0.05, 0.1) is 17.0 Å². The van der Waals surface area contributed by atoms with Crippen molar-refractivity contribution in [3.8, 4) is 0 Å². The Kier molecular flexibility index (Phi) is 3.46. The van der Waals surface area contributed by atoms with Crippen LogP contribution in [0, 0.1) is 6.92 Å². The first-order valence-corrected chi connectivity index (χ1v) is 8.55. The third-order valence-corrected chi connectivity index (χ3v) is 5.90. The van der Waals surface area contributed by atoms with E-state index < -0.39 is 23.1 Å². The van der Waals surface area contributed by atoms with Gasteiger partial charge in [-0.1, -0.05) is 58.4 Å². The molecule has 4 atom stereocenters. The average Bonchev–Trinajstić information content (AvgIpc) is 2.57. The molecule has 4 heteroatoms. The first-order chi connectivity index (χ1) is 11.0. The molecule has 3 aromatic carbocycles. The zero-order chi connectivity index (χ0) is 16.3. The first-order valence-electron chi connectivity index (χ1n) is 7.64. The molecule has 4 rings (SSSR count). The molecule has 3 N–H and O–H groups in total. The maximum absolute atomic E-state index is 10.7. The van der Waals surface area contributed by atoms with E-state index in [-0.39, 0.29) is 0 Å². The van der Waals surface area contributed by atoms with Crippen molar-refractivity contribution in [3.05, 3.63) is 59.2 Å². The summed E-state index contributed by atoms with van der Waals surface area (Å²) in [5.74, 6) is 0. The number of hydrogen-bond donors (Lipinski definition) is 3. The topological polar surface area (TPSA) is 60.7 Å². The maximum Gasteiger partial charge on any atom is 0.106 e. The molecule has 0 unspecified atom stereocenters. The summed E-state index contributed by atoms with van der Waals surface area (Å²) in [6, 6.07) is 14.0. The summed E-state index contributed by atoms with van der Waals surface area (Å²) in [6.45, 7) is 2.02. The quantitative estimate of drug-likeness (QED) is 0.418. The number of fused-ring (bicyclic) bond motifs is 5. The fourth-order valence-corrected chi connectivity index (χ4v) is 4.29. The van der Waals surface area contributed by atoms with Gasteiger partial charge in [-0.05, 0) is 45.2 Å². The molecule has 0 amide bonds. The molecule has 118 valence electrons. The van der Waals surface area contributed by atoms with E-state index >= 15 is 0 Å². The van der Waals surface area contributed by atoms with Gasteiger partial charge in [0.1, 0.15) is 6.10 Å². The Morgan fingerprint density at radius 3 is 2.43 bits per heavy atom. The van der Waals surface area contributed by atoms with Crippen molar-refractivity contribution >= 4 is 37.5 Å². The molecule has 23 heavy (non-hydrogen) atoms. The number of aliphatic hydroxyl groups excluding tert-OH is 3. The van der Waals surface area contributed by atoms with E-state index in [4.69, 9.17) is 0 Å². The van der Waals surface area contributed by atoms with E-state index in [2.05, 4.69) is 34.1 Å². The lowest BCUT2D eigenvalue weighted by Crippen LogP contribution is -2.38. The van der Waals surface area contributed by atoms with Gasteiger partial charge >= 0.3 is 0 Å². The third kappa shape index (κ3) is 2.06. The van der Waals surface area contributed by atoms with Gasteiger partial charge < -0.3 is 15.3 Å². The highest BCUT2D eigenvalue weighted by Crippen LogP contribution is 2.45. The van der Waals surface area contributed by atoms with E-state index in [0.29, 0.717) is 11.1 Å². The Labute approximate surface area is 142 Å². The van der Waals surface area contributed by atoms with Gasteiger partial charge in [0.2, 0.25) is 0 Å². The number of rotatable bonds is 0. The van der Waals surface area contributed by atoms with Crippen LogP contribution in [0.15, 0.2) is 42.5 Å². The summed E-state index contributed by atoms with van der Waals surface area (Å²) in [6.07, 6.45) is -2.91. The highest BCUT2D eigenvalue weighted by atomic mass is 79.9. The summed E-state index contributed by atoms with van der Waals surface area (Å²) in [7, 11) is 0. The monoisotopic (exact) mass is 372 g/mol. The molecule has 1 aliphatic carbocycles. The van der Waals surface area contributed by atoms with Gasteiger partial charge in [-0.3, -0.25) is 0 Å². The summed E-state index contributed by atoms with van der Waals surface area (Å²) in [5.41, 5.74) is 2.37. The second-order valence-electron chi connectivity index (χ2n) is 6.23. The van der Waals surface area contributed by atoms with Crippen molar-refractivity contribution in [1.29, 1.82) is 0 Å². The molecule has 0 saturated carbocycles. The van der Waals surface area contributed by atoms with Crippen LogP contribution < -0.4 is 0 Å². The number of benzene rings is 3. The number of aryl methyl sites for hydroxylation is 1. The second kappa shape index (κ2) is 5.28. The minimum Gasteiger partial charge on any atom is -0.389 e. The first kappa shape index (κ1) is 15.1. The third-order valence-electron chi connectivity index (χ3n) is 4.86. The highest BCUT2D eigenvalue weighted by Gasteiger charge is 2.40. The Bertz CT molecular complexity index is 921. The van der Waals surface area contributed by atoms with Gasteiger partial charge in [0.25, 0.3) is 0 Å². The lowest BCUT2D eigenvalue weighted by atomic mass is 9.80.